The van der Waals surface area contributed by atoms with Crippen molar-refractivity contribution in [2.45, 2.75) is 32.7 Å². The molecule has 2 aromatic rings. The third-order valence-electron chi connectivity index (χ3n) is 4.81. The molecule has 0 spiro atoms. The smallest absolute Gasteiger partial charge is 0.260 e. The molecule has 0 bridgehead atoms. The molecule has 7 heteroatoms. The molecule has 1 aromatic carbocycles. The van der Waals surface area contributed by atoms with Crippen LogP contribution in [0.3, 0.4) is 0 Å². The number of rotatable bonds is 7. The average Bonchev–Trinajstić information content (AvgIpc) is 3.26. The van der Waals surface area contributed by atoms with E-state index in [1.807, 2.05) is 19.9 Å². The lowest BCUT2D eigenvalue weighted by Crippen LogP contribution is -2.43. The molecule has 0 atom stereocenters. The van der Waals surface area contributed by atoms with Crippen molar-refractivity contribution in [3.63, 3.8) is 0 Å². The monoisotopic (exact) mass is 396 g/mol. The van der Waals surface area contributed by atoms with Gasteiger partial charge in [-0.15, -0.1) is 0 Å². The Hall–Kier alpha value is -3.09. The third kappa shape index (κ3) is 5.25. The average molecular weight is 396 g/mol. The summed E-state index contributed by atoms with van der Waals surface area (Å²) in [6.07, 6.45) is 3.92. The van der Waals surface area contributed by atoms with E-state index in [4.69, 9.17) is 4.74 Å². The summed E-state index contributed by atoms with van der Waals surface area (Å²) in [7, 11) is 1.58. The molecule has 3 rings (SSSR count). The van der Waals surface area contributed by atoms with Gasteiger partial charge in [-0.25, -0.2) is 4.98 Å². The minimum atomic E-state index is -0.269. The maximum absolute atomic E-state index is 13.2. The quantitative estimate of drug-likeness (QED) is 0.779. The number of hydrogen-bond acceptors (Lipinski definition) is 5. The number of ether oxygens (including phenoxy) is 1. The fourth-order valence-corrected chi connectivity index (χ4v) is 3.36. The van der Waals surface area contributed by atoms with Crippen molar-refractivity contribution in [2.24, 2.45) is 0 Å². The number of carbonyl (C=O) groups excluding carboxylic acids is 2. The Morgan fingerprint density at radius 3 is 2.38 bits per heavy atom. The standard InChI is InChI=1S/C22H28N4O3/c1-16(2)24-21(27)15-26(18-7-9-19(29-3)10-8-18)22(28)17-6-11-20(23-14-17)25-12-4-5-13-25/h6-11,14,16H,4-5,12-13,15H2,1-3H3,(H,24,27). The van der Waals surface area contributed by atoms with E-state index >= 15 is 0 Å². The molecule has 1 aliphatic heterocycles. The molecule has 1 saturated heterocycles. The summed E-state index contributed by atoms with van der Waals surface area (Å²) in [6, 6.07) is 10.7. The first-order valence-corrected chi connectivity index (χ1v) is 9.94. The van der Waals surface area contributed by atoms with E-state index in [2.05, 4.69) is 15.2 Å². The van der Waals surface area contributed by atoms with Gasteiger partial charge in [-0.3, -0.25) is 14.5 Å². The number of methoxy groups -OCH3 is 1. The summed E-state index contributed by atoms with van der Waals surface area (Å²) in [5.74, 6) is 1.08. The largest absolute Gasteiger partial charge is 0.497 e. The van der Waals surface area contributed by atoms with E-state index in [1.165, 1.54) is 17.7 Å². The van der Waals surface area contributed by atoms with Gasteiger partial charge in [0.15, 0.2) is 0 Å². The van der Waals surface area contributed by atoms with Gasteiger partial charge in [-0.1, -0.05) is 0 Å². The van der Waals surface area contributed by atoms with Gasteiger partial charge >= 0.3 is 0 Å². The highest BCUT2D eigenvalue weighted by atomic mass is 16.5. The van der Waals surface area contributed by atoms with Gasteiger partial charge in [-0.05, 0) is 63.1 Å². The topological polar surface area (TPSA) is 74.8 Å². The van der Waals surface area contributed by atoms with Crippen LogP contribution in [-0.4, -0.2) is 49.6 Å². The number of hydrogen-bond donors (Lipinski definition) is 1. The van der Waals surface area contributed by atoms with Gasteiger partial charge in [0.05, 0.1) is 12.7 Å². The Labute approximate surface area is 171 Å². The van der Waals surface area contributed by atoms with E-state index in [0.29, 0.717) is 17.0 Å². The van der Waals surface area contributed by atoms with Crippen molar-refractivity contribution in [1.29, 1.82) is 0 Å². The normalized spacial score (nSPS) is 13.4. The Balaban J connectivity index is 1.83. The van der Waals surface area contributed by atoms with Crippen LogP contribution in [0.1, 0.15) is 37.0 Å². The van der Waals surface area contributed by atoms with Crippen molar-refractivity contribution >= 4 is 23.3 Å². The zero-order chi connectivity index (χ0) is 20.8. The van der Waals surface area contributed by atoms with Crippen molar-refractivity contribution < 1.29 is 14.3 Å². The minimum absolute atomic E-state index is 0.00303. The van der Waals surface area contributed by atoms with Crippen molar-refractivity contribution in [2.75, 3.05) is 36.5 Å². The summed E-state index contributed by atoms with van der Waals surface area (Å²) in [4.78, 5) is 33.7. The number of pyridine rings is 1. The summed E-state index contributed by atoms with van der Waals surface area (Å²) in [5.41, 5.74) is 1.07. The van der Waals surface area contributed by atoms with Gasteiger partial charge in [0.1, 0.15) is 18.1 Å². The number of amides is 2. The predicted molar refractivity (Wildman–Crippen MR) is 114 cm³/mol. The van der Waals surface area contributed by atoms with Crippen LogP contribution < -0.4 is 19.9 Å². The Morgan fingerprint density at radius 1 is 1.14 bits per heavy atom. The SMILES string of the molecule is COc1ccc(N(CC(=O)NC(C)C)C(=O)c2ccc(N3CCCC3)nc2)cc1. The summed E-state index contributed by atoms with van der Waals surface area (Å²) < 4.78 is 5.19. The highest BCUT2D eigenvalue weighted by Gasteiger charge is 2.22. The summed E-state index contributed by atoms with van der Waals surface area (Å²) >= 11 is 0. The van der Waals surface area contributed by atoms with Gasteiger partial charge in [-0.2, -0.15) is 0 Å². The molecule has 2 amide bonds. The van der Waals surface area contributed by atoms with Crippen molar-refractivity contribution in [3.8, 4) is 5.75 Å². The highest BCUT2D eigenvalue weighted by Crippen LogP contribution is 2.22. The molecule has 154 valence electrons. The van der Waals surface area contributed by atoms with Gasteiger partial charge in [0.25, 0.3) is 5.91 Å². The second-order valence-electron chi connectivity index (χ2n) is 7.41. The van der Waals surface area contributed by atoms with Crippen LogP contribution in [0.4, 0.5) is 11.5 Å². The molecule has 1 fully saturated rings. The number of benzene rings is 1. The fourth-order valence-electron chi connectivity index (χ4n) is 3.36. The van der Waals surface area contributed by atoms with Crippen LogP contribution >= 0.6 is 0 Å². The van der Waals surface area contributed by atoms with Crippen LogP contribution in [0.25, 0.3) is 0 Å². The number of carbonyl (C=O) groups is 2. The van der Waals surface area contributed by atoms with Gasteiger partial charge in [0.2, 0.25) is 5.91 Å². The Morgan fingerprint density at radius 2 is 1.83 bits per heavy atom. The summed E-state index contributed by atoms with van der Waals surface area (Å²) in [6.45, 7) is 5.69. The number of anilines is 2. The van der Waals surface area contributed by atoms with Crippen LogP contribution in [0.2, 0.25) is 0 Å². The van der Waals surface area contributed by atoms with E-state index in [9.17, 15) is 9.59 Å². The molecular weight excluding hydrogens is 368 g/mol. The molecule has 1 aliphatic rings. The zero-order valence-electron chi connectivity index (χ0n) is 17.2. The third-order valence-corrected chi connectivity index (χ3v) is 4.81. The van der Waals surface area contributed by atoms with E-state index in [0.717, 1.165) is 18.9 Å². The lowest BCUT2D eigenvalue weighted by atomic mass is 10.2. The number of nitrogens with zero attached hydrogens (tertiary/aromatic N) is 3. The highest BCUT2D eigenvalue weighted by molar-refractivity contribution is 6.08. The Bertz CT molecular complexity index is 828. The van der Waals surface area contributed by atoms with Crippen molar-refractivity contribution in [3.05, 3.63) is 48.2 Å². The maximum Gasteiger partial charge on any atom is 0.260 e. The van der Waals surface area contributed by atoms with E-state index in [1.54, 1.807) is 43.6 Å². The van der Waals surface area contributed by atoms with Crippen LogP contribution in [0.5, 0.6) is 5.75 Å². The second-order valence-corrected chi connectivity index (χ2v) is 7.41. The van der Waals surface area contributed by atoms with Gasteiger partial charge in [0, 0.05) is 31.0 Å². The lowest BCUT2D eigenvalue weighted by Gasteiger charge is -2.23. The molecule has 29 heavy (non-hydrogen) atoms. The molecule has 1 N–H and O–H groups in total. The molecular formula is C22H28N4O3. The second kappa shape index (κ2) is 9.41. The van der Waals surface area contributed by atoms with Crippen molar-refractivity contribution in [1.82, 2.24) is 10.3 Å². The molecule has 0 aliphatic carbocycles. The number of nitrogens with one attached hydrogen (secondary N) is 1. The molecule has 0 saturated carbocycles. The maximum atomic E-state index is 13.2. The first-order valence-electron chi connectivity index (χ1n) is 9.94. The van der Waals surface area contributed by atoms with Crippen LogP contribution in [0.15, 0.2) is 42.6 Å². The minimum Gasteiger partial charge on any atom is -0.497 e. The first-order chi connectivity index (χ1) is 14.0. The predicted octanol–water partition coefficient (Wildman–Crippen LogP) is 2.86. The molecule has 0 radical (unpaired) electrons. The van der Waals surface area contributed by atoms with Gasteiger partial charge < -0.3 is 15.0 Å². The zero-order valence-corrected chi connectivity index (χ0v) is 17.2. The molecule has 2 heterocycles. The number of aromatic nitrogens is 1. The first kappa shape index (κ1) is 20.6. The molecule has 7 nitrogen and oxygen atoms in total. The van der Waals surface area contributed by atoms with Crippen LogP contribution in [-0.2, 0) is 4.79 Å². The van der Waals surface area contributed by atoms with E-state index < -0.39 is 0 Å². The fraction of sp³-hybridized carbons (Fsp3) is 0.409. The Kier molecular flexibility index (Phi) is 6.69. The van der Waals surface area contributed by atoms with E-state index in [-0.39, 0.29) is 24.4 Å². The summed E-state index contributed by atoms with van der Waals surface area (Å²) in [5, 5.41) is 2.84. The molecule has 0 unspecified atom stereocenters. The van der Waals surface area contributed by atoms with Crippen LogP contribution in [0, 0.1) is 0 Å². The lowest BCUT2D eigenvalue weighted by molar-refractivity contribution is -0.120. The molecule has 1 aromatic heterocycles.